The maximum atomic E-state index is 12.2. The Morgan fingerprint density at radius 2 is 1.82 bits per heavy atom. The van der Waals surface area contributed by atoms with Crippen LogP contribution in [-0.4, -0.2) is 48.1 Å². The summed E-state index contributed by atoms with van der Waals surface area (Å²) in [6, 6.07) is 6.64. The van der Waals surface area contributed by atoms with Gasteiger partial charge in [0.15, 0.2) is 0 Å². The zero-order valence-electron chi connectivity index (χ0n) is 13.3. The van der Waals surface area contributed by atoms with Gasteiger partial charge in [0.05, 0.1) is 5.60 Å². The molecule has 0 unspecified atom stereocenters. The average Bonchev–Trinajstić information content (AvgIpc) is 2.52. The molecule has 0 radical (unpaired) electrons. The van der Waals surface area contributed by atoms with Gasteiger partial charge in [-0.3, -0.25) is 9.59 Å². The van der Waals surface area contributed by atoms with Gasteiger partial charge in [0.25, 0.3) is 11.8 Å². The molecule has 0 atom stereocenters. The predicted molar refractivity (Wildman–Crippen MR) is 84.8 cm³/mol. The number of hydrogen-bond acceptors (Lipinski definition) is 3. The molecule has 1 aliphatic carbocycles. The zero-order chi connectivity index (χ0) is 16.2. The molecule has 0 aliphatic heterocycles. The number of aliphatic hydroxyl groups is 1. The van der Waals surface area contributed by atoms with Gasteiger partial charge in [-0.2, -0.15) is 0 Å². The van der Waals surface area contributed by atoms with E-state index >= 15 is 0 Å². The fourth-order valence-corrected chi connectivity index (χ4v) is 2.79. The van der Waals surface area contributed by atoms with Gasteiger partial charge in [-0.15, -0.1) is 0 Å². The Morgan fingerprint density at radius 3 is 2.45 bits per heavy atom. The summed E-state index contributed by atoms with van der Waals surface area (Å²) in [5, 5.41) is 13.2. The highest BCUT2D eigenvalue weighted by atomic mass is 16.3. The molecule has 1 aromatic carbocycles. The molecule has 120 valence electrons. The second-order valence-electron chi connectivity index (χ2n) is 6.25. The van der Waals surface area contributed by atoms with Crippen molar-refractivity contribution in [3.63, 3.8) is 0 Å². The Morgan fingerprint density at radius 1 is 1.18 bits per heavy atom. The molecule has 0 spiro atoms. The highest BCUT2D eigenvalue weighted by Gasteiger charge is 2.29. The molecule has 0 aromatic heterocycles. The van der Waals surface area contributed by atoms with Crippen molar-refractivity contribution < 1.29 is 14.7 Å². The maximum Gasteiger partial charge on any atom is 0.253 e. The molecule has 0 saturated heterocycles. The summed E-state index contributed by atoms with van der Waals surface area (Å²) in [5.74, 6) is -0.395. The van der Waals surface area contributed by atoms with Crippen LogP contribution < -0.4 is 5.32 Å². The quantitative estimate of drug-likeness (QED) is 0.891. The van der Waals surface area contributed by atoms with E-state index in [1.165, 1.54) is 4.90 Å². The first-order valence-electron chi connectivity index (χ1n) is 7.74. The van der Waals surface area contributed by atoms with E-state index in [9.17, 15) is 14.7 Å². The van der Waals surface area contributed by atoms with Crippen molar-refractivity contribution in [2.24, 2.45) is 0 Å². The minimum atomic E-state index is -0.787. The normalized spacial score (nSPS) is 16.9. The van der Waals surface area contributed by atoms with Crippen LogP contribution >= 0.6 is 0 Å². The fourth-order valence-electron chi connectivity index (χ4n) is 2.79. The van der Waals surface area contributed by atoms with Crippen molar-refractivity contribution in [2.45, 2.75) is 37.7 Å². The molecule has 1 aliphatic rings. The highest BCUT2D eigenvalue weighted by molar-refractivity contribution is 5.99. The summed E-state index contributed by atoms with van der Waals surface area (Å²) < 4.78 is 0. The van der Waals surface area contributed by atoms with Gasteiger partial charge in [-0.25, -0.2) is 0 Å². The number of carbonyl (C=O) groups excluding carboxylic acids is 2. The largest absolute Gasteiger partial charge is 0.388 e. The van der Waals surface area contributed by atoms with Gasteiger partial charge in [0, 0.05) is 31.8 Å². The molecular formula is C17H24N2O3. The smallest absolute Gasteiger partial charge is 0.253 e. The van der Waals surface area contributed by atoms with Crippen LogP contribution in [0.25, 0.3) is 0 Å². The Kier molecular flexibility index (Phi) is 5.19. The lowest BCUT2D eigenvalue weighted by Crippen LogP contribution is -2.44. The third-order valence-corrected chi connectivity index (χ3v) is 4.14. The lowest BCUT2D eigenvalue weighted by Gasteiger charge is -2.32. The van der Waals surface area contributed by atoms with Gasteiger partial charge in [0.1, 0.15) is 0 Å². The van der Waals surface area contributed by atoms with E-state index in [0.717, 1.165) is 32.1 Å². The van der Waals surface area contributed by atoms with Gasteiger partial charge < -0.3 is 15.3 Å². The van der Waals surface area contributed by atoms with Crippen LogP contribution in [0.3, 0.4) is 0 Å². The first-order valence-corrected chi connectivity index (χ1v) is 7.74. The van der Waals surface area contributed by atoms with Crippen molar-refractivity contribution in [2.75, 3.05) is 20.6 Å². The summed E-state index contributed by atoms with van der Waals surface area (Å²) in [6.07, 6.45) is 4.60. The topological polar surface area (TPSA) is 69.6 Å². The van der Waals surface area contributed by atoms with E-state index in [-0.39, 0.29) is 18.4 Å². The summed E-state index contributed by atoms with van der Waals surface area (Å²) in [6.45, 7) is 0.262. The third-order valence-electron chi connectivity index (χ3n) is 4.14. The van der Waals surface area contributed by atoms with Crippen LogP contribution in [0.1, 0.15) is 52.8 Å². The monoisotopic (exact) mass is 304 g/mol. The van der Waals surface area contributed by atoms with E-state index in [1.807, 2.05) is 0 Å². The Balaban J connectivity index is 2.00. The molecular weight excluding hydrogens is 280 g/mol. The summed E-state index contributed by atoms with van der Waals surface area (Å²) >= 11 is 0. The Labute approximate surface area is 131 Å². The molecule has 1 aromatic rings. The summed E-state index contributed by atoms with van der Waals surface area (Å²) in [7, 11) is 3.35. The van der Waals surface area contributed by atoms with E-state index in [4.69, 9.17) is 0 Å². The minimum absolute atomic E-state index is 0.138. The number of benzene rings is 1. The number of hydrogen-bond donors (Lipinski definition) is 2. The molecule has 5 heteroatoms. The molecule has 2 N–H and O–H groups in total. The molecule has 2 rings (SSSR count). The SMILES string of the molecule is CN(C)C(=O)c1cccc(C(=O)NCC2(O)CCCCC2)c1. The van der Waals surface area contributed by atoms with E-state index in [1.54, 1.807) is 38.4 Å². The molecule has 5 nitrogen and oxygen atoms in total. The second-order valence-corrected chi connectivity index (χ2v) is 6.25. The van der Waals surface area contributed by atoms with Crippen LogP contribution in [0.15, 0.2) is 24.3 Å². The number of amides is 2. The van der Waals surface area contributed by atoms with Crippen molar-refractivity contribution in [1.29, 1.82) is 0 Å². The number of nitrogens with one attached hydrogen (secondary N) is 1. The highest BCUT2D eigenvalue weighted by Crippen LogP contribution is 2.27. The first kappa shape index (κ1) is 16.5. The third kappa shape index (κ3) is 4.07. The van der Waals surface area contributed by atoms with Crippen LogP contribution in [-0.2, 0) is 0 Å². The Bertz CT molecular complexity index is 549. The molecule has 2 amide bonds. The van der Waals surface area contributed by atoms with Crippen molar-refractivity contribution in [3.8, 4) is 0 Å². The van der Waals surface area contributed by atoms with E-state index in [0.29, 0.717) is 11.1 Å². The van der Waals surface area contributed by atoms with Crippen LogP contribution in [0.2, 0.25) is 0 Å². The zero-order valence-corrected chi connectivity index (χ0v) is 13.3. The summed E-state index contributed by atoms with van der Waals surface area (Å²) in [5.41, 5.74) is 0.131. The lowest BCUT2D eigenvalue weighted by atomic mass is 9.85. The van der Waals surface area contributed by atoms with Crippen LogP contribution in [0.4, 0.5) is 0 Å². The Hall–Kier alpha value is -1.88. The van der Waals surface area contributed by atoms with Crippen molar-refractivity contribution in [1.82, 2.24) is 10.2 Å². The van der Waals surface area contributed by atoms with E-state index < -0.39 is 5.60 Å². The van der Waals surface area contributed by atoms with E-state index in [2.05, 4.69) is 5.32 Å². The minimum Gasteiger partial charge on any atom is -0.388 e. The van der Waals surface area contributed by atoms with Gasteiger partial charge >= 0.3 is 0 Å². The fraction of sp³-hybridized carbons (Fsp3) is 0.529. The number of carbonyl (C=O) groups is 2. The second kappa shape index (κ2) is 6.92. The molecule has 0 heterocycles. The lowest BCUT2D eigenvalue weighted by molar-refractivity contribution is 0.00525. The van der Waals surface area contributed by atoms with Gasteiger partial charge in [-0.1, -0.05) is 25.3 Å². The molecule has 1 saturated carbocycles. The average molecular weight is 304 g/mol. The van der Waals surface area contributed by atoms with Gasteiger partial charge in [0.2, 0.25) is 0 Å². The van der Waals surface area contributed by atoms with Gasteiger partial charge in [-0.05, 0) is 31.0 Å². The van der Waals surface area contributed by atoms with Crippen molar-refractivity contribution in [3.05, 3.63) is 35.4 Å². The predicted octanol–water partition coefficient (Wildman–Crippen LogP) is 1.81. The number of rotatable bonds is 4. The summed E-state index contributed by atoms with van der Waals surface area (Å²) in [4.78, 5) is 25.6. The standard InChI is InChI=1S/C17H24N2O3/c1-19(2)16(21)14-8-6-7-13(11-14)15(20)18-12-17(22)9-4-3-5-10-17/h6-8,11,22H,3-5,9-10,12H2,1-2H3,(H,18,20). The van der Waals surface area contributed by atoms with Crippen molar-refractivity contribution >= 4 is 11.8 Å². The maximum absolute atomic E-state index is 12.2. The van der Waals surface area contributed by atoms with Crippen LogP contribution in [0, 0.1) is 0 Å². The molecule has 0 bridgehead atoms. The molecule has 1 fully saturated rings. The number of nitrogens with zero attached hydrogens (tertiary/aromatic N) is 1. The molecule has 22 heavy (non-hydrogen) atoms. The first-order chi connectivity index (χ1) is 10.4. The van der Waals surface area contributed by atoms with Crippen LogP contribution in [0.5, 0.6) is 0 Å².